The van der Waals surface area contributed by atoms with Crippen molar-refractivity contribution >= 4 is 28.6 Å². The Morgan fingerprint density at radius 3 is 3.00 bits per heavy atom. The molecule has 0 bridgehead atoms. The van der Waals surface area contributed by atoms with Crippen molar-refractivity contribution in [1.29, 1.82) is 0 Å². The van der Waals surface area contributed by atoms with Gasteiger partial charge in [0.15, 0.2) is 0 Å². The number of carbonyl (C=O) groups is 1. The number of thiophene rings is 2. The van der Waals surface area contributed by atoms with Crippen molar-refractivity contribution in [3.8, 4) is 11.8 Å². The van der Waals surface area contributed by atoms with E-state index >= 15 is 0 Å². The van der Waals surface area contributed by atoms with E-state index in [4.69, 9.17) is 5.11 Å². The lowest BCUT2D eigenvalue weighted by Crippen LogP contribution is -2.22. The summed E-state index contributed by atoms with van der Waals surface area (Å²) >= 11 is 2.99. The fourth-order valence-corrected chi connectivity index (χ4v) is 2.89. The monoisotopic (exact) mass is 291 g/mol. The molecule has 0 radical (unpaired) electrons. The van der Waals surface area contributed by atoms with Gasteiger partial charge in [-0.05, 0) is 33.8 Å². The number of amides is 1. The largest absolute Gasteiger partial charge is 0.395 e. The van der Waals surface area contributed by atoms with Gasteiger partial charge in [0.1, 0.15) is 4.88 Å². The van der Waals surface area contributed by atoms with Gasteiger partial charge in [0.05, 0.1) is 6.61 Å². The summed E-state index contributed by atoms with van der Waals surface area (Å²) in [5, 5.41) is 17.4. The second-order valence-electron chi connectivity index (χ2n) is 3.75. The molecule has 2 N–H and O–H groups in total. The second kappa shape index (κ2) is 7.10. The van der Waals surface area contributed by atoms with Gasteiger partial charge in [-0.15, -0.1) is 11.3 Å². The third kappa shape index (κ3) is 3.93. The zero-order chi connectivity index (χ0) is 13.5. The zero-order valence-electron chi connectivity index (χ0n) is 10.2. The standard InChI is InChI=1S/C14H13NO2S2/c16-6-2-1-3-12-5-8-19-13(12)14(17)15-9-11-4-7-18-10-11/h4-5,7-8,10,16H,2,6,9H2,(H,15,17). The number of hydrogen-bond donors (Lipinski definition) is 2. The van der Waals surface area contributed by atoms with E-state index in [1.807, 2.05) is 28.3 Å². The normalized spacial score (nSPS) is 9.74. The molecule has 0 aromatic carbocycles. The van der Waals surface area contributed by atoms with Crippen LogP contribution in [0.5, 0.6) is 0 Å². The number of aliphatic hydroxyl groups is 1. The molecule has 0 aliphatic carbocycles. The van der Waals surface area contributed by atoms with Crippen molar-refractivity contribution in [2.75, 3.05) is 6.61 Å². The molecule has 19 heavy (non-hydrogen) atoms. The molecule has 3 nitrogen and oxygen atoms in total. The predicted molar refractivity (Wildman–Crippen MR) is 78.4 cm³/mol. The van der Waals surface area contributed by atoms with Crippen LogP contribution >= 0.6 is 22.7 Å². The van der Waals surface area contributed by atoms with E-state index in [9.17, 15) is 4.79 Å². The van der Waals surface area contributed by atoms with E-state index in [2.05, 4.69) is 17.2 Å². The molecule has 0 fully saturated rings. The number of hydrogen-bond acceptors (Lipinski definition) is 4. The van der Waals surface area contributed by atoms with Gasteiger partial charge in [-0.3, -0.25) is 4.79 Å². The van der Waals surface area contributed by atoms with E-state index in [0.29, 0.717) is 17.8 Å². The molecule has 0 unspecified atom stereocenters. The third-order valence-corrected chi connectivity index (χ3v) is 4.01. The van der Waals surface area contributed by atoms with Gasteiger partial charge in [-0.25, -0.2) is 0 Å². The number of nitrogens with one attached hydrogen (secondary N) is 1. The van der Waals surface area contributed by atoms with Crippen molar-refractivity contribution in [1.82, 2.24) is 5.32 Å². The first-order chi connectivity index (χ1) is 9.31. The van der Waals surface area contributed by atoms with Gasteiger partial charge in [0.25, 0.3) is 5.91 Å². The van der Waals surface area contributed by atoms with E-state index < -0.39 is 0 Å². The summed E-state index contributed by atoms with van der Waals surface area (Å²) in [6, 6.07) is 3.82. The topological polar surface area (TPSA) is 49.3 Å². The highest BCUT2D eigenvalue weighted by molar-refractivity contribution is 7.12. The third-order valence-electron chi connectivity index (χ3n) is 2.36. The number of rotatable bonds is 4. The Morgan fingerprint density at radius 1 is 1.37 bits per heavy atom. The Hall–Kier alpha value is -1.61. The molecular weight excluding hydrogens is 278 g/mol. The van der Waals surface area contributed by atoms with Gasteiger partial charge in [-0.2, -0.15) is 11.3 Å². The molecule has 1 amide bonds. The molecule has 0 saturated heterocycles. The Morgan fingerprint density at radius 2 is 2.26 bits per heavy atom. The molecule has 0 atom stereocenters. The smallest absolute Gasteiger partial charge is 0.262 e. The highest BCUT2D eigenvalue weighted by Crippen LogP contribution is 2.16. The summed E-state index contributed by atoms with van der Waals surface area (Å²) in [4.78, 5) is 12.7. The van der Waals surface area contributed by atoms with Crippen molar-refractivity contribution in [2.24, 2.45) is 0 Å². The van der Waals surface area contributed by atoms with E-state index in [0.717, 1.165) is 11.1 Å². The molecule has 2 aromatic rings. The van der Waals surface area contributed by atoms with Gasteiger partial charge >= 0.3 is 0 Å². The van der Waals surface area contributed by atoms with Crippen molar-refractivity contribution in [2.45, 2.75) is 13.0 Å². The average molecular weight is 291 g/mol. The maximum absolute atomic E-state index is 12.0. The summed E-state index contributed by atoms with van der Waals surface area (Å²) in [6.45, 7) is 0.570. The molecule has 0 aliphatic heterocycles. The van der Waals surface area contributed by atoms with Gasteiger partial charge in [0.2, 0.25) is 0 Å². The molecule has 98 valence electrons. The molecule has 0 saturated carbocycles. The summed E-state index contributed by atoms with van der Waals surface area (Å²) in [7, 11) is 0. The van der Waals surface area contributed by atoms with Crippen LogP contribution in [0.15, 0.2) is 28.3 Å². The lowest BCUT2D eigenvalue weighted by Gasteiger charge is -2.02. The van der Waals surface area contributed by atoms with Crippen molar-refractivity contribution in [3.63, 3.8) is 0 Å². The Balaban J connectivity index is 1.99. The second-order valence-corrected chi connectivity index (χ2v) is 5.45. The van der Waals surface area contributed by atoms with Crippen LogP contribution in [0.4, 0.5) is 0 Å². The molecule has 2 heterocycles. The minimum atomic E-state index is -0.102. The molecule has 5 heteroatoms. The van der Waals surface area contributed by atoms with E-state index in [1.165, 1.54) is 11.3 Å². The maximum atomic E-state index is 12.0. The number of carbonyl (C=O) groups excluding carboxylic acids is 1. The summed E-state index contributed by atoms with van der Waals surface area (Å²) in [5.41, 5.74) is 1.82. The van der Waals surface area contributed by atoms with Crippen LogP contribution in [0.1, 0.15) is 27.2 Å². The predicted octanol–water partition coefficient (Wildman–Crippen LogP) is 2.47. The van der Waals surface area contributed by atoms with Crippen molar-refractivity contribution in [3.05, 3.63) is 44.3 Å². The fourth-order valence-electron chi connectivity index (χ4n) is 1.45. The highest BCUT2D eigenvalue weighted by atomic mass is 32.1. The first-order valence-electron chi connectivity index (χ1n) is 5.77. The maximum Gasteiger partial charge on any atom is 0.262 e. The van der Waals surface area contributed by atoms with Crippen molar-refractivity contribution < 1.29 is 9.90 Å². The zero-order valence-corrected chi connectivity index (χ0v) is 11.8. The molecule has 0 spiro atoms. The SMILES string of the molecule is O=C(NCc1ccsc1)c1sccc1C#CCCO. The summed E-state index contributed by atoms with van der Waals surface area (Å²) in [5.74, 6) is 5.64. The van der Waals surface area contributed by atoms with Crippen LogP contribution in [-0.4, -0.2) is 17.6 Å². The Kier molecular flexibility index (Phi) is 5.16. The first kappa shape index (κ1) is 13.8. The quantitative estimate of drug-likeness (QED) is 0.850. The molecule has 2 rings (SSSR count). The minimum absolute atomic E-state index is 0.0385. The lowest BCUT2D eigenvalue weighted by atomic mass is 10.2. The van der Waals surface area contributed by atoms with Gasteiger partial charge in [-0.1, -0.05) is 11.8 Å². The van der Waals surface area contributed by atoms with Crippen LogP contribution < -0.4 is 5.32 Å². The Labute approximate surface area is 119 Å². The molecular formula is C14H13NO2S2. The van der Waals surface area contributed by atoms with E-state index in [1.54, 1.807) is 11.3 Å². The van der Waals surface area contributed by atoms with E-state index in [-0.39, 0.29) is 12.5 Å². The lowest BCUT2D eigenvalue weighted by molar-refractivity contribution is 0.0955. The Bertz CT molecular complexity index is 590. The minimum Gasteiger partial charge on any atom is -0.395 e. The van der Waals surface area contributed by atoms with Crippen LogP contribution in [0.2, 0.25) is 0 Å². The van der Waals surface area contributed by atoms with Crippen LogP contribution in [0, 0.1) is 11.8 Å². The highest BCUT2D eigenvalue weighted by Gasteiger charge is 2.11. The summed E-state index contributed by atoms with van der Waals surface area (Å²) in [6.07, 6.45) is 0.422. The fraction of sp³-hybridized carbons (Fsp3) is 0.214. The van der Waals surface area contributed by atoms with Gasteiger partial charge < -0.3 is 10.4 Å². The molecule has 0 aliphatic rings. The summed E-state index contributed by atoms with van der Waals surface area (Å²) < 4.78 is 0. The van der Waals surface area contributed by atoms with Crippen LogP contribution in [0.3, 0.4) is 0 Å². The van der Waals surface area contributed by atoms with Crippen LogP contribution in [-0.2, 0) is 6.54 Å². The first-order valence-corrected chi connectivity index (χ1v) is 7.60. The molecule has 2 aromatic heterocycles. The number of aliphatic hydroxyl groups excluding tert-OH is 1. The average Bonchev–Trinajstić information content (AvgIpc) is 3.07. The van der Waals surface area contributed by atoms with Gasteiger partial charge in [0, 0.05) is 18.5 Å². The van der Waals surface area contributed by atoms with Crippen LogP contribution in [0.25, 0.3) is 0 Å².